The summed E-state index contributed by atoms with van der Waals surface area (Å²) in [5, 5.41) is 2.03. The van der Waals surface area contributed by atoms with Gasteiger partial charge in [-0.2, -0.15) is 0 Å². The topological polar surface area (TPSA) is 22.1 Å². The molecule has 1 aromatic rings. The van der Waals surface area contributed by atoms with Gasteiger partial charge >= 0.3 is 0 Å². The van der Waals surface area contributed by atoms with Crippen molar-refractivity contribution in [1.82, 2.24) is 4.98 Å². The molecule has 0 fully saturated rings. The molecule has 0 bridgehead atoms. The summed E-state index contributed by atoms with van der Waals surface area (Å²) in [4.78, 5) is 4.22. The van der Waals surface area contributed by atoms with Crippen LogP contribution in [0.2, 0.25) is 0 Å². The average molecular weight is 157 g/mol. The van der Waals surface area contributed by atoms with E-state index >= 15 is 0 Å². The van der Waals surface area contributed by atoms with Gasteiger partial charge in [-0.15, -0.1) is 0 Å². The molecule has 0 spiro atoms. The lowest BCUT2D eigenvalue weighted by Crippen LogP contribution is -1.89. The van der Waals surface area contributed by atoms with E-state index in [1.807, 2.05) is 20.8 Å². The number of hydrogen-bond donors (Lipinski definition) is 0. The maximum absolute atomic E-state index is 5.31. The zero-order chi connectivity index (χ0) is 7.56. The molecule has 0 aliphatic rings. The van der Waals surface area contributed by atoms with E-state index in [1.165, 1.54) is 0 Å². The quantitative estimate of drug-likeness (QED) is 0.656. The maximum atomic E-state index is 5.31. The van der Waals surface area contributed by atoms with Gasteiger partial charge < -0.3 is 4.74 Å². The minimum absolute atomic E-state index is 0.725. The van der Waals surface area contributed by atoms with Crippen LogP contribution in [0.15, 0.2) is 0 Å². The number of aromatic nitrogens is 1. The first-order valence-electron chi connectivity index (χ1n) is 3.31. The lowest BCUT2D eigenvalue weighted by atomic mass is 10.5. The highest BCUT2D eigenvalue weighted by Crippen LogP contribution is 2.25. The summed E-state index contributed by atoms with van der Waals surface area (Å²) in [6.45, 7) is 6.66. The molecule has 1 rings (SSSR count). The van der Waals surface area contributed by atoms with E-state index in [-0.39, 0.29) is 0 Å². The van der Waals surface area contributed by atoms with Gasteiger partial charge in [0.15, 0.2) is 5.06 Å². The minimum atomic E-state index is 0.725. The van der Waals surface area contributed by atoms with Crippen LogP contribution in [-0.4, -0.2) is 11.6 Å². The van der Waals surface area contributed by atoms with Gasteiger partial charge in [0.2, 0.25) is 0 Å². The van der Waals surface area contributed by atoms with Crippen molar-refractivity contribution in [2.45, 2.75) is 20.8 Å². The second-order valence-corrected chi connectivity index (χ2v) is 3.20. The van der Waals surface area contributed by atoms with Gasteiger partial charge in [-0.3, -0.25) is 0 Å². The van der Waals surface area contributed by atoms with Gasteiger partial charge in [-0.05, 0) is 20.8 Å². The summed E-state index contributed by atoms with van der Waals surface area (Å²) in [6.07, 6.45) is 0. The van der Waals surface area contributed by atoms with Gasteiger partial charge in [-0.1, -0.05) is 11.3 Å². The predicted molar refractivity (Wildman–Crippen MR) is 42.8 cm³/mol. The molecular formula is C7H11NOS. The summed E-state index contributed by atoms with van der Waals surface area (Å²) in [7, 11) is 0. The van der Waals surface area contributed by atoms with Gasteiger partial charge in [0.05, 0.1) is 17.3 Å². The fourth-order valence-electron chi connectivity index (χ4n) is 0.778. The zero-order valence-electron chi connectivity index (χ0n) is 6.47. The van der Waals surface area contributed by atoms with Crippen LogP contribution in [0.3, 0.4) is 0 Å². The molecule has 0 atom stereocenters. The van der Waals surface area contributed by atoms with E-state index in [1.54, 1.807) is 11.3 Å². The molecule has 0 aromatic carbocycles. The molecule has 0 radical (unpaired) electrons. The fourth-order valence-corrected chi connectivity index (χ4v) is 1.60. The number of nitrogens with zero attached hydrogens (tertiary/aromatic N) is 1. The molecule has 3 heteroatoms. The first-order valence-corrected chi connectivity index (χ1v) is 4.12. The lowest BCUT2D eigenvalue weighted by molar-refractivity contribution is 0.347. The number of thiazole rings is 1. The largest absolute Gasteiger partial charge is 0.483 e. The van der Waals surface area contributed by atoms with E-state index in [2.05, 4.69) is 4.98 Å². The third-order valence-electron chi connectivity index (χ3n) is 1.14. The lowest BCUT2D eigenvalue weighted by Gasteiger charge is -1.96. The molecule has 56 valence electrons. The van der Waals surface area contributed by atoms with Gasteiger partial charge in [0, 0.05) is 0 Å². The summed E-state index contributed by atoms with van der Waals surface area (Å²) in [6, 6.07) is 0. The second-order valence-electron chi connectivity index (χ2n) is 2.04. The third-order valence-corrected chi connectivity index (χ3v) is 2.12. The van der Waals surface area contributed by atoms with Crippen LogP contribution in [0.5, 0.6) is 5.06 Å². The Balaban J connectivity index is 2.81. The predicted octanol–water partition coefficient (Wildman–Crippen LogP) is 2.16. The summed E-state index contributed by atoms with van der Waals surface area (Å²) in [5.74, 6) is 0. The van der Waals surface area contributed by atoms with E-state index in [0.717, 1.165) is 22.4 Å². The molecule has 0 unspecified atom stereocenters. The number of ether oxygens (including phenoxy) is 1. The summed E-state index contributed by atoms with van der Waals surface area (Å²) < 4.78 is 5.31. The van der Waals surface area contributed by atoms with Crippen molar-refractivity contribution in [2.24, 2.45) is 0 Å². The first-order chi connectivity index (χ1) is 4.74. The molecule has 0 N–H and O–H groups in total. The zero-order valence-corrected chi connectivity index (χ0v) is 7.29. The van der Waals surface area contributed by atoms with Crippen LogP contribution in [0, 0.1) is 13.8 Å². The molecule has 0 amide bonds. The van der Waals surface area contributed by atoms with E-state index in [9.17, 15) is 0 Å². The van der Waals surface area contributed by atoms with Crippen molar-refractivity contribution in [1.29, 1.82) is 0 Å². The Labute approximate surface area is 64.9 Å². The molecule has 1 heterocycles. The maximum Gasteiger partial charge on any atom is 0.197 e. The Bertz CT molecular complexity index is 219. The first kappa shape index (κ1) is 7.54. The fraction of sp³-hybridized carbons (Fsp3) is 0.571. The Morgan fingerprint density at radius 3 is 2.60 bits per heavy atom. The van der Waals surface area contributed by atoms with E-state index < -0.39 is 0 Å². The minimum Gasteiger partial charge on any atom is -0.483 e. The number of rotatable bonds is 2. The van der Waals surface area contributed by atoms with Crippen LogP contribution in [0.1, 0.15) is 17.6 Å². The standard InChI is InChI=1S/C7H11NOS/c1-4-9-7-5(2)8-6(3)10-7/h4H2,1-3H3. The molecule has 1 aromatic heterocycles. The highest BCUT2D eigenvalue weighted by Gasteiger charge is 2.03. The van der Waals surface area contributed by atoms with E-state index in [4.69, 9.17) is 4.74 Å². The van der Waals surface area contributed by atoms with Crippen LogP contribution in [0.4, 0.5) is 0 Å². The SMILES string of the molecule is CCOc1sc(C)nc1C. The number of hydrogen-bond acceptors (Lipinski definition) is 3. The molecule has 0 saturated carbocycles. The van der Waals surface area contributed by atoms with E-state index in [0.29, 0.717) is 0 Å². The van der Waals surface area contributed by atoms with Crippen LogP contribution < -0.4 is 4.74 Å². The highest BCUT2D eigenvalue weighted by molar-refractivity contribution is 7.13. The Hall–Kier alpha value is -0.570. The van der Waals surface area contributed by atoms with Gasteiger partial charge in [0.25, 0.3) is 0 Å². The van der Waals surface area contributed by atoms with Crippen molar-refractivity contribution in [2.75, 3.05) is 6.61 Å². The molecule has 0 saturated heterocycles. The summed E-state index contributed by atoms with van der Waals surface area (Å²) in [5.41, 5.74) is 1.00. The van der Waals surface area contributed by atoms with Crippen LogP contribution >= 0.6 is 11.3 Å². The molecule has 0 aliphatic carbocycles. The van der Waals surface area contributed by atoms with Crippen LogP contribution in [0.25, 0.3) is 0 Å². The molecular weight excluding hydrogens is 146 g/mol. The Kier molecular flexibility index (Phi) is 2.27. The smallest absolute Gasteiger partial charge is 0.197 e. The van der Waals surface area contributed by atoms with Crippen molar-refractivity contribution >= 4 is 11.3 Å². The third kappa shape index (κ3) is 1.48. The van der Waals surface area contributed by atoms with Gasteiger partial charge in [-0.25, -0.2) is 4.98 Å². The van der Waals surface area contributed by atoms with Crippen molar-refractivity contribution in [3.05, 3.63) is 10.7 Å². The summed E-state index contributed by atoms with van der Waals surface area (Å²) >= 11 is 1.61. The van der Waals surface area contributed by atoms with Crippen molar-refractivity contribution in [3.8, 4) is 5.06 Å². The average Bonchev–Trinajstić information content (AvgIpc) is 2.13. The van der Waals surface area contributed by atoms with Crippen molar-refractivity contribution in [3.63, 3.8) is 0 Å². The van der Waals surface area contributed by atoms with Gasteiger partial charge in [0.1, 0.15) is 0 Å². The molecule has 10 heavy (non-hydrogen) atoms. The normalized spacial score (nSPS) is 9.90. The molecule has 2 nitrogen and oxygen atoms in total. The molecule has 0 aliphatic heterocycles. The highest BCUT2D eigenvalue weighted by atomic mass is 32.1. The second kappa shape index (κ2) is 3.01. The Morgan fingerprint density at radius 2 is 2.20 bits per heavy atom. The monoisotopic (exact) mass is 157 g/mol. The van der Waals surface area contributed by atoms with Crippen LogP contribution in [-0.2, 0) is 0 Å². The number of aryl methyl sites for hydroxylation is 2. The Morgan fingerprint density at radius 1 is 1.50 bits per heavy atom. The van der Waals surface area contributed by atoms with Crippen molar-refractivity contribution < 1.29 is 4.74 Å².